The van der Waals surface area contributed by atoms with Gasteiger partial charge in [-0.1, -0.05) is 113 Å². The van der Waals surface area contributed by atoms with E-state index < -0.39 is 0 Å². The zero-order chi connectivity index (χ0) is 27.6. The molecule has 1 aliphatic heterocycles. The Morgan fingerprint density at radius 3 is 1.81 bits per heavy atom. The van der Waals surface area contributed by atoms with Crippen molar-refractivity contribution in [2.45, 2.75) is 58.4 Å². The molecule has 1 atom stereocenters. The molecule has 2 heterocycles. The predicted octanol–water partition coefficient (Wildman–Crippen LogP) is 8.54. The zero-order valence-electron chi connectivity index (χ0n) is 25.7. The Hall–Kier alpha value is -2.34. The van der Waals surface area contributed by atoms with Crippen LogP contribution in [-0.2, 0) is 11.0 Å². The summed E-state index contributed by atoms with van der Waals surface area (Å²) in [4.78, 5) is 12.0. The van der Waals surface area contributed by atoms with E-state index in [9.17, 15) is 0 Å². The minimum atomic E-state index is -0.342. The van der Waals surface area contributed by atoms with E-state index in [2.05, 4.69) is 142 Å². The maximum Gasteiger partial charge on any atom is 0.137 e. The number of rotatable bonds is 7. The quantitative estimate of drug-likeness (QED) is 0.215. The number of H-pyrrole nitrogens is 1. The fourth-order valence-corrected chi connectivity index (χ4v) is 6.59. The van der Waals surface area contributed by atoms with Crippen LogP contribution in [0.4, 0.5) is 0 Å². The van der Waals surface area contributed by atoms with Crippen LogP contribution in [0.25, 0.3) is 11.4 Å². The van der Waals surface area contributed by atoms with Crippen molar-refractivity contribution in [3.05, 3.63) is 113 Å². The van der Waals surface area contributed by atoms with Crippen molar-refractivity contribution in [3.63, 3.8) is 0 Å². The number of aryl methyl sites for hydroxylation is 1. The Labute approximate surface area is 271 Å². The van der Waals surface area contributed by atoms with Crippen LogP contribution in [-0.4, -0.2) is 41.0 Å². The first-order valence-corrected chi connectivity index (χ1v) is 14.5. The number of imidazole rings is 1. The molecule has 1 aliphatic rings. The predicted molar refractivity (Wildman–Crippen MR) is 185 cm³/mol. The molecule has 3 aromatic carbocycles. The molecule has 1 saturated heterocycles. The maximum atomic E-state index is 5.53. The van der Waals surface area contributed by atoms with Crippen LogP contribution in [0.2, 0.25) is 0 Å². The molecule has 0 bridgehead atoms. The summed E-state index contributed by atoms with van der Waals surface area (Å²) in [5, 5.41) is 3.59. The fraction of sp³-hybridized carbons (Fsp3) is 0.400. The van der Waals surface area contributed by atoms with Crippen molar-refractivity contribution in [1.29, 1.82) is 0 Å². The van der Waals surface area contributed by atoms with Gasteiger partial charge in [-0.25, -0.2) is 4.98 Å². The van der Waals surface area contributed by atoms with Crippen LogP contribution in [0.3, 0.4) is 0 Å². The van der Waals surface area contributed by atoms with E-state index in [0.717, 1.165) is 49.0 Å². The maximum absolute atomic E-state index is 5.53. The van der Waals surface area contributed by atoms with E-state index in [-0.39, 0.29) is 54.1 Å². The van der Waals surface area contributed by atoms with Crippen molar-refractivity contribution in [2.75, 3.05) is 26.2 Å². The van der Waals surface area contributed by atoms with Gasteiger partial charge < -0.3 is 10.3 Å². The summed E-state index contributed by atoms with van der Waals surface area (Å²) >= 11 is 0. The van der Waals surface area contributed by atoms with Gasteiger partial charge in [-0.2, -0.15) is 0 Å². The number of nitrogens with zero attached hydrogens (tertiary/aromatic N) is 2. The van der Waals surface area contributed by atoms with Crippen LogP contribution in [0.15, 0.2) is 84.9 Å². The largest absolute Gasteiger partial charge is 0.342 e. The summed E-state index contributed by atoms with van der Waals surface area (Å²) in [5.74, 6) is 1.37. The first kappa shape index (κ1) is 35.9. The molecule has 1 fully saturated rings. The molecule has 1 aromatic heterocycles. The van der Waals surface area contributed by atoms with E-state index in [1.807, 2.05) is 0 Å². The molecule has 0 radical (unpaired) electrons. The molecule has 4 nitrogen and oxygen atoms in total. The van der Waals surface area contributed by atoms with Crippen molar-refractivity contribution < 1.29 is 0 Å². The van der Waals surface area contributed by atoms with Gasteiger partial charge in [0.15, 0.2) is 0 Å². The molecular weight excluding hydrogens is 583 g/mol. The van der Waals surface area contributed by atoms with Gasteiger partial charge in [-0.15, -0.1) is 37.2 Å². The molecule has 4 aromatic rings. The van der Waals surface area contributed by atoms with Gasteiger partial charge in [-0.3, -0.25) is 4.90 Å². The fourth-order valence-electron chi connectivity index (χ4n) is 6.59. The second-order valence-corrected chi connectivity index (χ2v) is 12.4. The molecule has 42 heavy (non-hydrogen) atoms. The van der Waals surface area contributed by atoms with E-state index in [0.29, 0.717) is 5.92 Å². The summed E-state index contributed by atoms with van der Waals surface area (Å²) in [7, 11) is 0. The molecule has 2 N–H and O–H groups in total. The minimum absolute atomic E-state index is 0. The topological polar surface area (TPSA) is 44.0 Å². The molecular formula is C35H47Cl3N4. The summed E-state index contributed by atoms with van der Waals surface area (Å²) in [6.07, 6.45) is 0. The van der Waals surface area contributed by atoms with Gasteiger partial charge in [0, 0.05) is 43.4 Å². The average molecular weight is 630 g/mol. The lowest BCUT2D eigenvalue weighted by molar-refractivity contribution is 0.0108. The lowest BCUT2D eigenvalue weighted by Crippen LogP contribution is -2.60. The highest BCUT2D eigenvalue weighted by atomic mass is 35.5. The standard InChI is InChI=1S/C35H44N4.3ClH/c1-25(2)35(39-22-20-36-21-23-39,31(27-14-9-7-10-15-27)28-16-11-8-12-17-28)32-26(3)37-33(38-32)29-18-13-19-30(24-29)34(4,5)6;;;/h7-19,24-25,31,36H,20-23H2,1-6H3,(H,37,38);3*1H. The van der Waals surface area contributed by atoms with Gasteiger partial charge in [-0.05, 0) is 41.0 Å². The van der Waals surface area contributed by atoms with Crippen LogP contribution in [0.5, 0.6) is 0 Å². The van der Waals surface area contributed by atoms with Crippen molar-refractivity contribution >= 4 is 37.2 Å². The van der Waals surface area contributed by atoms with E-state index in [1.54, 1.807) is 0 Å². The summed E-state index contributed by atoms with van der Waals surface area (Å²) in [5.41, 5.74) is 7.16. The van der Waals surface area contributed by atoms with Gasteiger partial charge in [0.2, 0.25) is 0 Å². The number of piperazine rings is 1. The molecule has 1 unspecified atom stereocenters. The number of halogens is 3. The molecule has 0 aliphatic carbocycles. The Bertz CT molecular complexity index is 1340. The first-order chi connectivity index (χ1) is 18.7. The second-order valence-electron chi connectivity index (χ2n) is 12.4. The second kappa shape index (κ2) is 14.9. The van der Waals surface area contributed by atoms with Crippen LogP contribution >= 0.6 is 37.2 Å². The van der Waals surface area contributed by atoms with Gasteiger partial charge >= 0.3 is 0 Å². The van der Waals surface area contributed by atoms with Crippen molar-refractivity contribution in [1.82, 2.24) is 20.2 Å². The lowest BCUT2D eigenvalue weighted by Gasteiger charge is -2.53. The van der Waals surface area contributed by atoms with Crippen LogP contribution < -0.4 is 5.32 Å². The zero-order valence-corrected chi connectivity index (χ0v) is 28.1. The molecule has 0 spiro atoms. The Balaban J connectivity index is 0.00000205. The Morgan fingerprint density at radius 1 is 0.762 bits per heavy atom. The Kier molecular flexibility index (Phi) is 12.7. The van der Waals surface area contributed by atoms with Crippen molar-refractivity contribution in [3.8, 4) is 11.4 Å². The van der Waals surface area contributed by atoms with Crippen molar-refractivity contribution in [2.24, 2.45) is 5.92 Å². The minimum Gasteiger partial charge on any atom is -0.342 e. The highest BCUT2D eigenvalue weighted by Crippen LogP contribution is 2.51. The van der Waals surface area contributed by atoms with E-state index in [1.165, 1.54) is 16.7 Å². The molecule has 5 rings (SSSR count). The first-order valence-electron chi connectivity index (χ1n) is 14.5. The highest BCUT2D eigenvalue weighted by molar-refractivity contribution is 5.86. The monoisotopic (exact) mass is 628 g/mol. The third kappa shape index (κ3) is 6.90. The summed E-state index contributed by atoms with van der Waals surface area (Å²) in [6, 6.07) is 31.0. The number of hydrogen-bond acceptors (Lipinski definition) is 3. The highest BCUT2D eigenvalue weighted by Gasteiger charge is 2.51. The van der Waals surface area contributed by atoms with Gasteiger partial charge in [0.05, 0.1) is 11.2 Å². The molecule has 0 amide bonds. The smallest absolute Gasteiger partial charge is 0.137 e. The molecule has 228 valence electrons. The number of aromatic nitrogens is 2. The molecule has 0 saturated carbocycles. The van der Waals surface area contributed by atoms with Crippen LogP contribution in [0, 0.1) is 12.8 Å². The lowest BCUT2D eigenvalue weighted by atomic mass is 9.65. The van der Waals surface area contributed by atoms with Gasteiger partial charge in [0.1, 0.15) is 5.82 Å². The number of hydrogen-bond donors (Lipinski definition) is 2. The van der Waals surface area contributed by atoms with Gasteiger partial charge in [0.25, 0.3) is 0 Å². The third-order valence-corrected chi connectivity index (χ3v) is 8.49. The summed E-state index contributed by atoms with van der Waals surface area (Å²) < 4.78 is 0. The number of aromatic amines is 1. The van der Waals surface area contributed by atoms with E-state index in [4.69, 9.17) is 4.98 Å². The third-order valence-electron chi connectivity index (χ3n) is 8.49. The normalized spacial score (nSPS) is 15.3. The van der Waals surface area contributed by atoms with Crippen LogP contribution in [0.1, 0.15) is 68.6 Å². The summed E-state index contributed by atoms with van der Waals surface area (Å²) in [6.45, 7) is 17.7. The Morgan fingerprint density at radius 2 is 1.31 bits per heavy atom. The average Bonchev–Trinajstić information content (AvgIpc) is 3.34. The number of benzene rings is 3. The van der Waals surface area contributed by atoms with E-state index >= 15 is 0 Å². The SMILES string of the molecule is Cc1[nH]c(-c2cccc(C(C)(C)C)c2)nc1C(C(C)C)(C(c1ccccc1)c1ccccc1)N1CCNCC1.Cl.Cl.Cl. The number of nitrogens with one attached hydrogen (secondary N) is 2. The molecule has 7 heteroatoms.